The van der Waals surface area contributed by atoms with Crippen LogP contribution in [-0.2, 0) is 17.9 Å². The molecule has 2 aromatic heterocycles. The van der Waals surface area contributed by atoms with E-state index in [1.807, 2.05) is 0 Å². The van der Waals surface area contributed by atoms with E-state index in [9.17, 15) is 14.7 Å². The summed E-state index contributed by atoms with van der Waals surface area (Å²) >= 11 is 0. The molecule has 9 heteroatoms. The minimum Gasteiger partial charge on any atom is -0.389 e. The number of amides is 1. The number of aromatic nitrogens is 4. The average Bonchev–Trinajstić information content (AvgIpc) is 2.89. The summed E-state index contributed by atoms with van der Waals surface area (Å²) in [5, 5.41) is 10.0. The van der Waals surface area contributed by atoms with Crippen LogP contribution in [-0.4, -0.2) is 35.7 Å². The highest BCUT2D eigenvalue weighted by Crippen LogP contribution is 2.24. The standard InChI is InChI=1S/C15H20N6O3/c1-15(2,24)7-21-11-6-10-8(5-9(11)19-14(21)23)18-13(17)20(10)4-3-12(16)22/h5-6,24H,3-4,7H2,1-2H3,(H2,16,22)(H2,17,18)(H,19,23). The quantitative estimate of drug-likeness (QED) is 0.516. The van der Waals surface area contributed by atoms with Gasteiger partial charge in [0.2, 0.25) is 11.9 Å². The number of nitrogens with zero attached hydrogens (tertiary/aromatic N) is 3. The van der Waals surface area contributed by atoms with Gasteiger partial charge in [-0.1, -0.05) is 0 Å². The Morgan fingerprint density at radius 3 is 2.67 bits per heavy atom. The number of aliphatic hydroxyl groups is 1. The minimum atomic E-state index is -1.04. The molecule has 128 valence electrons. The van der Waals surface area contributed by atoms with Gasteiger partial charge in [0.1, 0.15) is 0 Å². The number of benzene rings is 1. The molecule has 0 bridgehead atoms. The van der Waals surface area contributed by atoms with Gasteiger partial charge in [-0.15, -0.1) is 0 Å². The first-order valence-corrected chi connectivity index (χ1v) is 7.55. The van der Waals surface area contributed by atoms with Crippen molar-refractivity contribution in [2.75, 3.05) is 5.73 Å². The van der Waals surface area contributed by atoms with Crippen LogP contribution < -0.4 is 17.2 Å². The second kappa shape index (κ2) is 5.38. The molecule has 0 spiro atoms. The number of carbonyl (C=O) groups is 1. The number of carbonyl (C=O) groups excluding carboxylic acids is 1. The molecule has 1 amide bonds. The molecule has 3 aromatic rings. The van der Waals surface area contributed by atoms with Gasteiger partial charge in [-0.05, 0) is 26.0 Å². The fraction of sp³-hybridized carbons (Fsp3) is 0.400. The number of aromatic amines is 1. The topological polar surface area (TPSA) is 145 Å². The van der Waals surface area contributed by atoms with E-state index in [4.69, 9.17) is 11.5 Å². The van der Waals surface area contributed by atoms with Crippen LogP contribution in [0.1, 0.15) is 20.3 Å². The van der Waals surface area contributed by atoms with Crippen molar-refractivity contribution >= 4 is 33.9 Å². The number of primary amides is 1. The number of fused-ring (bicyclic) bond motifs is 2. The lowest BCUT2D eigenvalue weighted by Crippen LogP contribution is -2.31. The third-order valence-corrected chi connectivity index (χ3v) is 3.80. The molecule has 6 N–H and O–H groups in total. The Kier molecular flexibility index (Phi) is 3.60. The Hall–Kier alpha value is -2.81. The van der Waals surface area contributed by atoms with Gasteiger partial charge in [-0.3, -0.25) is 9.36 Å². The maximum absolute atomic E-state index is 12.2. The molecule has 24 heavy (non-hydrogen) atoms. The van der Waals surface area contributed by atoms with Gasteiger partial charge in [-0.2, -0.15) is 0 Å². The molecule has 0 aliphatic rings. The largest absolute Gasteiger partial charge is 0.389 e. The molecule has 0 aliphatic heterocycles. The summed E-state index contributed by atoms with van der Waals surface area (Å²) in [5.74, 6) is -0.159. The first-order chi connectivity index (χ1) is 11.2. The molecule has 2 heterocycles. The predicted molar refractivity (Wildman–Crippen MR) is 90.4 cm³/mol. The molecule has 9 nitrogen and oxygen atoms in total. The Morgan fingerprint density at radius 1 is 1.33 bits per heavy atom. The third-order valence-electron chi connectivity index (χ3n) is 3.80. The number of nitrogens with two attached hydrogens (primary N) is 2. The van der Waals surface area contributed by atoms with Crippen molar-refractivity contribution in [3.8, 4) is 0 Å². The second-order valence-corrected chi connectivity index (χ2v) is 6.52. The van der Waals surface area contributed by atoms with Gasteiger partial charge in [0.15, 0.2) is 0 Å². The summed E-state index contributed by atoms with van der Waals surface area (Å²) in [6.45, 7) is 3.71. The molecule has 1 aromatic carbocycles. The van der Waals surface area contributed by atoms with Gasteiger partial charge in [0.05, 0.1) is 34.2 Å². The smallest absolute Gasteiger partial charge is 0.326 e. The number of hydrogen-bond acceptors (Lipinski definition) is 5. The van der Waals surface area contributed by atoms with Crippen molar-refractivity contribution < 1.29 is 9.90 Å². The second-order valence-electron chi connectivity index (χ2n) is 6.52. The molecule has 0 saturated heterocycles. The van der Waals surface area contributed by atoms with Crippen molar-refractivity contribution in [2.24, 2.45) is 5.73 Å². The zero-order valence-electron chi connectivity index (χ0n) is 13.5. The van der Waals surface area contributed by atoms with Gasteiger partial charge in [0, 0.05) is 13.0 Å². The highest BCUT2D eigenvalue weighted by Gasteiger charge is 2.19. The normalized spacial score (nSPS) is 12.3. The summed E-state index contributed by atoms with van der Waals surface area (Å²) in [7, 11) is 0. The Balaban J connectivity index is 2.19. The van der Waals surface area contributed by atoms with E-state index in [2.05, 4.69) is 9.97 Å². The van der Waals surface area contributed by atoms with Crippen LogP contribution in [0, 0.1) is 0 Å². The molecule has 0 saturated carbocycles. The van der Waals surface area contributed by atoms with Gasteiger partial charge in [-0.25, -0.2) is 9.78 Å². The van der Waals surface area contributed by atoms with Crippen molar-refractivity contribution in [3.63, 3.8) is 0 Å². The number of nitrogen functional groups attached to an aromatic ring is 1. The summed E-state index contributed by atoms with van der Waals surface area (Å²) in [4.78, 5) is 30.2. The Labute approximate surface area is 136 Å². The van der Waals surface area contributed by atoms with Crippen LogP contribution in [0.4, 0.5) is 5.95 Å². The number of imidazole rings is 2. The lowest BCUT2D eigenvalue weighted by atomic mass is 10.1. The van der Waals surface area contributed by atoms with Crippen LogP contribution in [0.5, 0.6) is 0 Å². The molecule has 0 aliphatic carbocycles. The molecule has 3 rings (SSSR count). The fourth-order valence-corrected chi connectivity index (χ4v) is 2.80. The van der Waals surface area contributed by atoms with Crippen LogP contribution in [0.15, 0.2) is 16.9 Å². The lowest BCUT2D eigenvalue weighted by molar-refractivity contribution is -0.118. The summed E-state index contributed by atoms with van der Waals surface area (Å²) in [6, 6.07) is 3.50. The van der Waals surface area contributed by atoms with Gasteiger partial charge < -0.3 is 26.1 Å². The van der Waals surface area contributed by atoms with Crippen molar-refractivity contribution in [3.05, 3.63) is 22.6 Å². The number of nitrogens with one attached hydrogen (secondary N) is 1. The first-order valence-electron chi connectivity index (χ1n) is 7.55. The van der Waals surface area contributed by atoms with Gasteiger partial charge >= 0.3 is 5.69 Å². The maximum atomic E-state index is 12.2. The zero-order valence-corrected chi connectivity index (χ0v) is 13.5. The zero-order chi connectivity index (χ0) is 17.6. The Morgan fingerprint density at radius 2 is 2.04 bits per heavy atom. The van der Waals surface area contributed by atoms with E-state index in [-0.39, 0.29) is 24.6 Å². The summed E-state index contributed by atoms with van der Waals surface area (Å²) in [6.07, 6.45) is 0.136. The summed E-state index contributed by atoms with van der Waals surface area (Å²) in [5.41, 5.74) is 12.3. The number of aryl methyl sites for hydroxylation is 1. The van der Waals surface area contributed by atoms with Crippen molar-refractivity contribution in [1.82, 2.24) is 19.1 Å². The molecule has 0 radical (unpaired) electrons. The van der Waals surface area contributed by atoms with Crippen molar-refractivity contribution in [1.29, 1.82) is 0 Å². The third kappa shape index (κ3) is 2.85. The predicted octanol–water partition coefficient (Wildman–Crippen LogP) is -0.0922. The molecule has 0 fully saturated rings. The summed E-state index contributed by atoms with van der Waals surface area (Å²) < 4.78 is 3.15. The molecule has 0 unspecified atom stereocenters. The van der Waals surface area contributed by atoms with Gasteiger partial charge in [0.25, 0.3) is 0 Å². The van der Waals surface area contributed by atoms with Crippen LogP contribution in [0.2, 0.25) is 0 Å². The number of anilines is 1. The fourth-order valence-electron chi connectivity index (χ4n) is 2.80. The number of hydrogen-bond donors (Lipinski definition) is 4. The minimum absolute atomic E-state index is 0.136. The van der Waals surface area contributed by atoms with Crippen LogP contribution in [0.25, 0.3) is 22.1 Å². The van der Waals surface area contributed by atoms with E-state index < -0.39 is 11.5 Å². The van der Waals surface area contributed by atoms with E-state index in [0.717, 1.165) is 0 Å². The number of rotatable bonds is 5. The van der Waals surface area contributed by atoms with E-state index in [0.29, 0.717) is 28.6 Å². The van der Waals surface area contributed by atoms with Crippen LogP contribution in [0.3, 0.4) is 0 Å². The molecule has 0 atom stereocenters. The first kappa shape index (κ1) is 16.1. The van der Waals surface area contributed by atoms with Crippen molar-refractivity contribution in [2.45, 2.75) is 39.0 Å². The van der Waals surface area contributed by atoms with E-state index in [1.54, 1.807) is 30.5 Å². The average molecular weight is 332 g/mol. The Bertz CT molecular complexity index is 989. The lowest BCUT2D eigenvalue weighted by Gasteiger charge is -2.17. The van der Waals surface area contributed by atoms with Crippen LogP contribution >= 0.6 is 0 Å². The maximum Gasteiger partial charge on any atom is 0.326 e. The highest BCUT2D eigenvalue weighted by molar-refractivity contribution is 5.93. The molecular weight excluding hydrogens is 312 g/mol. The molecular formula is C15H20N6O3. The van der Waals surface area contributed by atoms with E-state index in [1.165, 1.54) is 4.57 Å². The van der Waals surface area contributed by atoms with E-state index >= 15 is 0 Å². The highest BCUT2D eigenvalue weighted by atomic mass is 16.3. The SMILES string of the molecule is CC(C)(O)Cn1c(=O)[nH]c2cc3nc(N)n(CCC(N)=O)c3cc21. The monoisotopic (exact) mass is 332 g/mol. The number of H-pyrrole nitrogens is 1.